The Morgan fingerprint density at radius 2 is 1.82 bits per heavy atom. The molecule has 38 heavy (non-hydrogen) atoms. The Bertz CT molecular complexity index is 1420. The summed E-state index contributed by atoms with van der Waals surface area (Å²) in [6.07, 6.45) is 2.72. The first-order valence-electron chi connectivity index (χ1n) is 13.2. The van der Waals surface area contributed by atoms with Gasteiger partial charge in [0.1, 0.15) is 5.82 Å². The highest BCUT2D eigenvalue weighted by Crippen LogP contribution is 2.35. The van der Waals surface area contributed by atoms with E-state index in [0.717, 1.165) is 67.9 Å². The Labute approximate surface area is 222 Å². The van der Waals surface area contributed by atoms with Crippen molar-refractivity contribution >= 4 is 23.5 Å². The van der Waals surface area contributed by atoms with E-state index < -0.39 is 5.91 Å². The Kier molecular flexibility index (Phi) is 6.51. The first kappa shape index (κ1) is 24.1. The molecule has 0 spiro atoms. The first-order valence-corrected chi connectivity index (χ1v) is 13.2. The third-order valence-electron chi connectivity index (χ3n) is 7.50. The third-order valence-corrected chi connectivity index (χ3v) is 7.50. The molecular formula is C29H32N8O. The minimum atomic E-state index is -0.395. The van der Waals surface area contributed by atoms with E-state index >= 15 is 0 Å². The minimum Gasteiger partial charge on any atom is -0.366 e. The number of carbonyl (C=O) groups excluding carboxylic acids is 1. The van der Waals surface area contributed by atoms with Crippen molar-refractivity contribution in [3.8, 4) is 0 Å². The van der Waals surface area contributed by atoms with Gasteiger partial charge < -0.3 is 16.0 Å². The Balaban J connectivity index is 1.20. The van der Waals surface area contributed by atoms with Gasteiger partial charge in [-0.2, -0.15) is 10.1 Å². The fourth-order valence-electron chi connectivity index (χ4n) is 5.51. The van der Waals surface area contributed by atoms with Gasteiger partial charge in [0.05, 0.1) is 5.69 Å². The van der Waals surface area contributed by atoms with Crippen LogP contribution in [0.4, 0.5) is 17.6 Å². The number of carbonyl (C=O) groups is 1. The monoisotopic (exact) mass is 508 g/mol. The van der Waals surface area contributed by atoms with Crippen LogP contribution >= 0.6 is 0 Å². The quantitative estimate of drug-likeness (QED) is 0.316. The molecule has 194 valence electrons. The van der Waals surface area contributed by atoms with E-state index in [0.29, 0.717) is 17.6 Å². The predicted octanol–water partition coefficient (Wildman–Crippen LogP) is 3.66. The van der Waals surface area contributed by atoms with Crippen LogP contribution in [0.2, 0.25) is 0 Å². The second kappa shape index (κ2) is 10.3. The number of aromatic nitrogens is 4. The van der Waals surface area contributed by atoms with Crippen LogP contribution in [0.1, 0.15) is 46.2 Å². The van der Waals surface area contributed by atoms with Gasteiger partial charge in [-0.25, -0.2) is 4.98 Å². The maximum absolute atomic E-state index is 11.4. The van der Waals surface area contributed by atoms with Crippen molar-refractivity contribution in [3.05, 3.63) is 94.8 Å². The number of nitrogens with one attached hydrogen (secondary N) is 2. The molecule has 2 bridgehead atoms. The van der Waals surface area contributed by atoms with Gasteiger partial charge in [0.25, 0.3) is 0 Å². The molecule has 4 aromatic rings. The number of rotatable bonds is 9. The van der Waals surface area contributed by atoms with Gasteiger partial charge in [0.15, 0.2) is 5.82 Å². The molecule has 0 unspecified atom stereocenters. The number of benzene rings is 2. The summed E-state index contributed by atoms with van der Waals surface area (Å²) in [5.41, 5.74) is 10.4. The average Bonchev–Trinajstić information content (AvgIpc) is 3.66. The van der Waals surface area contributed by atoms with Crippen LogP contribution in [0.25, 0.3) is 0 Å². The van der Waals surface area contributed by atoms with E-state index in [2.05, 4.69) is 56.5 Å². The van der Waals surface area contributed by atoms with Gasteiger partial charge in [-0.15, -0.1) is 0 Å². The highest BCUT2D eigenvalue weighted by molar-refractivity contribution is 5.92. The maximum Gasteiger partial charge on any atom is 0.248 e. The van der Waals surface area contributed by atoms with E-state index in [-0.39, 0.29) is 0 Å². The second-order valence-electron chi connectivity index (χ2n) is 10.2. The average molecular weight is 509 g/mol. The van der Waals surface area contributed by atoms with Crippen LogP contribution < -0.4 is 16.0 Å². The number of H-pyrrole nitrogens is 1. The summed E-state index contributed by atoms with van der Waals surface area (Å²) in [4.78, 5) is 26.2. The molecule has 2 saturated heterocycles. The molecule has 2 aromatic heterocycles. The topological polar surface area (TPSA) is 116 Å². The van der Waals surface area contributed by atoms with Crippen LogP contribution in [-0.4, -0.2) is 56.1 Å². The summed E-state index contributed by atoms with van der Waals surface area (Å²) < 4.78 is 0. The van der Waals surface area contributed by atoms with Crippen LogP contribution in [0.5, 0.6) is 0 Å². The molecule has 4 N–H and O–H groups in total. The molecule has 2 aromatic carbocycles. The van der Waals surface area contributed by atoms with Crippen molar-refractivity contribution < 1.29 is 4.79 Å². The van der Waals surface area contributed by atoms with Gasteiger partial charge >= 0.3 is 0 Å². The molecule has 2 fully saturated rings. The molecule has 0 saturated carbocycles. The number of aromatic amines is 1. The lowest BCUT2D eigenvalue weighted by molar-refractivity contribution is 0.1000. The number of hydrogen-bond acceptors (Lipinski definition) is 7. The molecule has 0 radical (unpaired) electrons. The fourth-order valence-corrected chi connectivity index (χ4v) is 5.51. The number of fused-ring (bicyclic) bond motifs is 2. The SMILES string of the molecule is CCc1cc(Nc2cc(Cc3ccccc3)nc(N3C[C@@H]4C[C@H]3CN4Cc3ccc(C(N)=O)cc3)n2)n[nH]1. The van der Waals surface area contributed by atoms with Gasteiger partial charge in [0.2, 0.25) is 11.9 Å². The highest BCUT2D eigenvalue weighted by Gasteiger charge is 2.44. The van der Waals surface area contributed by atoms with Gasteiger partial charge in [-0.1, -0.05) is 49.4 Å². The number of likely N-dealkylation sites (tertiary alicyclic amines) is 1. The number of amides is 1. The molecular weight excluding hydrogens is 476 g/mol. The minimum absolute atomic E-state index is 0.363. The Hall–Kier alpha value is -4.24. The molecule has 4 heterocycles. The fraction of sp³-hybridized carbons (Fsp3) is 0.310. The molecule has 2 atom stereocenters. The summed E-state index contributed by atoms with van der Waals surface area (Å²) in [5, 5.41) is 10.8. The zero-order valence-corrected chi connectivity index (χ0v) is 21.5. The molecule has 2 aliphatic heterocycles. The van der Waals surface area contributed by atoms with Crippen LogP contribution in [0.3, 0.4) is 0 Å². The van der Waals surface area contributed by atoms with Crippen molar-refractivity contribution in [3.63, 3.8) is 0 Å². The number of piperazine rings is 1. The largest absolute Gasteiger partial charge is 0.366 e. The van der Waals surface area contributed by atoms with Crippen molar-refractivity contribution in [2.24, 2.45) is 5.73 Å². The summed E-state index contributed by atoms with van der Waals surface area (Å²) in [5.74, 6) is 1.89. The summed E-state index contributed by atoms with van der Waals surface area (Å²) in [7, 11) is 0. The van der Waals surface area contributed by atoms with Gasteiger partial charge in [-0.05, 0) is 36.1 Å². The van der Waals surface area contributed by atoms with Crippen LogP contribution in [0, 0.1) is 0 Å². The predicted molar refractivity (Wildman–Crippen MR) is 147 cm³/mol. The van der Waals surface area contributed by atoms with E-state index in [1.807, 2.05) is 42.5 Å². The maximum atomic E-state index is 11.4. The van der Waals surface area contributed by atoms with Crippen LogP contribution in [0.15, 0.2) is 66.7 Å². The van der Waals surface area contributed by atoms with Crippen molar-refractivity contribution in [2.45, 2.75) is 44.8 Å². The molecule has 0 aliphatic carbocycles. The second-order valence-corrected chi connectivity index (χ2v) is 10.2. The molecule has 1 amide bonds. The van der Waals surface area contributed by atoms with E-state index in [1.54, 1.807) is 0 Å². The number of anilines is 3. The number of primary amides is 1. The standard InChI is InChI=1S/C29H32N8O/c1-2-22-13-27(35-34-22)32-26-14-23(12-19-6-4-3-5-7-19)31-29(33-26)37-18-24-15-25(37)17-36(24)16-20-8-10-21(11-9-20)28(30)38/h3-11,13-14,24-25H,2,12,15-18H2,1H3,(H2,30,38)(H2,31,32,33,34,35)/t24-,25-/m0/s1. The van der Waals surface area contributed by atoms with Crippen LogP contribution in [-0.2, 0) is 19.4 Å². The summed E-state index contributed by atoms with van der Waals surface area (Å²) >= 11 is 0. The van der Waals surface area contributed by atoms with Gasteiger partial charge in [-0.3, -0.25) is 14.8 Å². The molecule has 6 rings (SSSR count). The van der Waals surface area contributed by atoms with E-state index in [4.69, 9.17) is 15.7 Å². The Morgan fingerprint density at radius 1 is 1.00 bits per heavy atom. The summed E-state index contributed by atoms with van der Waals surface area (Å²) in [6.45, 7) is 4.80. The van der Waals surface area contributed by atoms with E-state index in [1.165, 1.54) is 11.1 Å². The smallest absolute Gasteiger partial charge is 0.248 e. The zero-order chi connectivity index (χ0) is 26.1. The number of nitrogens with zero attached hydrogens (tertiary/aromatic N) is 5. The first-order chi connectivity index (χ1) is 18.5. The number of nitrogens with two attached hydrogens (primary N) is 1. The summed E-state index contributed by atoms with van der Waals surface area (Å²) in [6, 6.07) is 22.8. The van der Waals surface area contributed by atoms with Gasteiger partial charge in [0, 0.05) is 61.5 Å². The van der Waals surface area contributed by atoms with Crippen molar-refractivity contribution in [2.75, 3.05) is 23.3 Å². The molecule has 9 heteroatoms. The zero-order valence-electron chi connectivity index (χ0n) is 21.5. The number of hydrogen-bond donors (Lipinski definition) is 3. The lowest BCUT2D eigenvalue weighted by atomic mass is 10.1. The normalized spacial score (nSPS) is 18.7. The van der Waals surface area contributed by atoms with Crippen molar-refractivity contribution in [1.29, 1.82) is 0 Å². The molecule has 9 nitrogen and oxygen atoms in total. The Morgan fingerprint density at radius 3 is 2.50 bits per heavy atom. The molecule has 2 aliphatic rings. The van der Waals surface area contributed by atoms with Crippen molar-refractivity contribution in [1.82, 2.24) is 25.1 Å². The third kappa shape index (κ3) is 5.10. The van der Waals surface area contributed by atoms with E-state index in [9.17, 15) is 4.79 Å². The lowest BCUT2D eigenvalue weighted by Gasteiger charge is -2.34. The highest BCUT2D eigenvalue weighted by atomic mass is 16.1. The number of aryl methyl sites for hydroxylation is 1. The lowest BCUT2D eigenvalue weighted by Crippen LogP contribution is -2.46.